The first-order chi connectivity index (χ1) is 11.4. The van der Waals surface area contributed by atoms with E-state index in [-0.39, 0.29) is 11.8 Å². The van der Waals surface area contributed by atoms with Gasteiger partial charge >= 0.3 is 5.97 Å². The fourth-order valence-corrected chi connectivity index (χ4v) is 3.10. The van der Waals surface area contributed by atoms with Crippen molar-refractivity contribution >= 4 is 5.97 Å². The summed E-state index contributed by atoms with van der Waals surface area (Å²) in [6, 6.07) is 9.76. The van der Waals surface area contributed by atoms with Crippen LogP contribution in [0.4, 0.5) is 4.39 Å². The average molecular weight is 338 g/mol. The number of benzene rings is 1. The van der Waals surface area contributed by atoms with Gasteiger partial charge in [-0.3, -0.25) is 4.79 Å². The van der Waals surface area contributed by atoms with E-state index in [2.05, 4.69) is 0 Å². The maximum atomic E-state index is 14.2. The Bertz CT molecular complexity index is 521. The number of rotatable bonds is 6. The zero-order chi connectivity index (χ0) is 17.7. The van der Waals surface area contributed by atoms with Crippen LogP contribution in [0.3, 0.4) is 0 Å². The molecule has 134 valence electrons. The van der Waals surface area contributed by atoms with Crippen LogP contribution in [0.25, 0.3) is 0 Å². The van der Waals surface area contributed by atoms with Crippen LogP contribution in [0.2, 0.25) is 0 Å². The third-order valence-electron chi connectivity index (χ3n) is 4.74. The summed E-state index contributed by atoms with van der Waals surface area (Å²) in [7, 11) is 0. The lowest BCUT2D eigenvalue weighted by atomic mass is 9.81. The first-order valence-electron chi connectivity index (χ1n) is 8.56. The van der Waals surface area contributed by atoms with Gasteiger partial charge in [0.25, 0.3) is 0 Å². The van der Waals surface area contributed by atoms with Gasteiger partial charge in [-0.05, 0) is 23.8 Å². The fourth-order valence-electron chi connectivity index (χ4n) is 3.10. The summed E-state index contributed by atoms with van der Waals surface area (Å²) in [5, 5.41) is 0. The normalized spacial score (nSPS) is 31.5. The average Bonchev–Trinajstić information content (AvgIpc) is 2.57. The van der Waals surface area contributed by atoms with Crippen LogP contribution < -0.4 is 0 Å². The van der Waals surface area contributed by atoms with E-state index in [9.17, 15) is 9.18 Å². The smallest absolute Gasteiger partial charge is 0.305 e. The largest absolute Gasteiger partial charge is 0.433 e. The van der Waals surface area contributed by atoms with Gasteiger partial charge in [0.05, 0.1) is 12.7 Å². The third-order valence-corrected chi connectivity index (χ3v) is 4.74. The van der Waals surface area contributed by atoms with Crippen LogP contribution in [0.15, 0.2) is 30.3 Å². The van der Waals surface area contributed by atoms with E-state index in [4.69, 9.17) is 14.2 Å². The number of carbonyl (C=O) groups excluding carboxylic acids is 1. The number of halogens is 1. The fraction of sp³-hybridized carbons (Fsp3) is 0.632. The van der Waals surface area contributed by atoms with Crippen molar-refractivity contribution in [1.82, 2.24) is 0 Å². The van der Waals surface area contributed by atoms with Gasteiger partial charge < -0.3 is 14.2 Å². The summed E-state index contributed by atoms with van der Waals surface area (Å²) in [5.74, 6) is -0.491. The van der Waals surface area contributed by atoms with Gasteiger partial charge in [0.15, 0.2) is 0 Å². The highest BCUT2D eigenvalue weighted by atomic mass is 19.1. The maximum Gasteiger partial charge on any atom is 0.305 e. The molecule has 24 heavy (non-hydrogen) atoms. The molecule has 1 saturated heterocycles. The zero-order valence-corrected chi connectivity index (χ0v) is 14.8. The summed E-state index contributed by atoms with van der Waals surface area (Å²) in [5.41, 5.74) is 1.03. The van der Waals surface area contributed by atoms with E-state index < -0.39 is 30.6 Å². The van der Waals surface area contributed by atoms with Crippen LogP contribution in [0.1, 0.15) is 39.7 Å². The summed E-state index contributed by atoms with van der Waals surface area (Å²) in [6.07, 6.45) is -2.62. The molecule has 3 unspecified atom stereocenters. The SMILES string of the molecule is CC[C@H](F)C1OC(OC(C)=O)C(OCc2ccccc2)[C@@H](C)[C@@H]1C. The first-order valence-corrected chi connectivity index (χ1v) is 8.56. The lowest BCUT2D eigenvalue weighted by Gasteiger charge is -2.44. The van der Waals surface area contributed by atoms with Crippen molar-refractivity contribution in [1.29, 1.82) is 0 Å². The van der Waals surface area contributed by atoms with Crippen LogP contribution >= 0.6 is 0 Å². The topological polar surface area (TPSA) is 44.8 Å². The van der Waals surface area contributed by atoms with Crippen molar-refractivity contribution in [3.05, 3.63) is 35.9 Å². The molecule has 1 heterocycles. The second kappa shape index (κ2) is 8.58. The number of hydrogen-bond donors (Lipinski definition) is 0. The molecule has 6 atom stereocenters. The van der Waals surface area contributed by atoms with E-state index in [1.165, 1.54) is 6.92 Å². The van der Waals surface area contributed by atoms with Crippen molar-refractivity contribution in [2.75, 3.05) is 0 Å². The molecule has 1 aromatic rings. The van der Waals surface area contributed by atoms with Gasteiger partial charge in [-0.15, -0.1) is 0 Å². The molecule has 4 nitrogen and oxygen atoms in total. The molecule has 5 heteroatoms. The highest BCUT2D eigenvalue weighted by Crippen LogP contribution is 2.36. The Kier molecular flexibility index (Phi) is 6.75. The predicted octanol–water partition coefficient (Wildman–Crippen LogP) is 3.88. The number of esters is 1. The molecule has 0 radical (unpaired) electrons. The molecule has 0 aromatic heterocycles. The highest BCUT2D eigenvalue weighted by Gasteiger charge is 2.46. The predicted molar refractivity (Wildman–Crippen MR) is 89.0 cm³/mol. The number of carbonyl (C=O) groups is 1. The molecule has 1 aromatic carbocycles. The van der Waals surface area contributed by atoms with E-state index in [1.54, 1.807) is 6.92 Å². The van der Waals surface area contributed by atoms with Crippen molar-refractivity contribution in [2.45, 2.75) is 65.4 Å². The number of alkyl halides is 1. The summed E-state index contributed by atoms with van der Waals surface area (Å²) in [6.45, 7) is 7.45. The number of ether oxygens (including phenoxy) is 3. The molecule has 0 N–H and O–H groups in total. The molecule has 0 amide bonds. The van der Waals surface area contributed by atoms with E-state index in [0.717, 1.165) is 5.56 Å². The third kappa shape index (κ3) is 4.54. The molecule has 0 saturated carbocycles. The van der Waals surface area contributed by atoms with Crippen molar-refractivity contribution in [2.24, 2.45) is 11.8 Å². The van der Waals surface area contributed by atoms with Gasteiger partial charge in [0.2, 0.25) is 6.29 Å². The Morgan fingerprint density at radius 2 is 1.92 bits per heavy atom. The van der Waals surface area contributed by atoms with E-state index >= 15 is 0 Å². The number of hydrogen-bond acceptors (Lipinski definition) is 4. The lowest BCUT2D eigenvalue weighted by molar-refractivity contribution is -0.282. The molecule has 2 rings (SSSR count). The monoisotopic (exact) mass is 338 g/mol. The minimum absolute atomic E-state index is 0.00149. The van der Waals surface area contributed by atoms with Crippen molar-refractivity contribution in [3.8, 4) is 0 Å². The molecular weight excluding hydrogens is 311 g/mol. The van der Waals surface area contributed by atoms with Crippen LogP contribution in [0, 0.1) is 11.8 Å². The van der Waals surface area contributed by atoms with Gasteiger partial charge in [0.1, 0.15) is 12.3 Å². The molecule has 0 aliphatic carbocycles. The van der Waals surface area contributed by atoms with Crippen LogP contribution in [0.5, 0.6) is 0 Å². The molecule has 0 bridgehead atoms. The Balaban J connectivity index is 2.12. The molecule has 1 aliphatic rings. The van der Waals surface area contributed by atoms with Crippen LogP contribution in [-0.4, -0.2) is 30.6 Å². The molecule has 1 fully saturated rings. The quantitative estimate of drug-likeness (QED) is 0.739. The summed E-state index contributed by atoms with van der Waals surface area (Å²) in [4.78, 5) is 11.4. The highest BCUT2D eigenvalue weighted by molar-refractivity contribution is 5.66. The Morgan fingerprint density at radius 3 is 2.50 bits per heavy atom. The maximum absolute atomic E-state index is 14.2. The Hall–Kier alpha value is -1.46. The van der Waals surface area contributed by atoms with Gasteiger partial charge in [-0.1, -0.05) is 51.1 Å². The summed E-state index contributed by atoms with van der Waals surface area (Å²) >= 11 is 0. The molecule has 1 aliphatic heterocycles. The van der Waals surface area contributed by atoms with E-state index in [1.807, 2.05) is 44.2 Å². The standard InChI is InChI=1S/C19H27FO4/c1-5-16(20)17-12(2)13(3)18(19(24-17)23-14(4)21)22-11-15-9-7-6-8-10-15/h6-10,12-13,16-19H,5,11H2,1-4H3/t12-,13-,16-,17?,18?,19?/m0/s1. The minimum Gasteiger partial charge on any atom is -0.433 e. The Morgan fingerprint density at radius 1 is 1.25 bits per heavy atom. The second-order valence-electron chi connectivity index (χ2n) is 6.48. The zero-order valence-electron chi connectivity index (χ0n) is 14.8. The van der Waals surface area contributed by atoms with Crippen LogP contribution in [-0.2, 0) is 25.6 Å². The second-order valence-corrected chi connectivity index (χ2v) is 6.48. The Labute approximate surface area is 143 Å². The molecular formula is C19H27FO4. The first kappa shape index (κ1) is 18.9. The van der Waals surface area contributed by atoms with Gasteiger partial charge in [0, 0.05) is 6.92 Å². The lowest BCUT2D eigenvalue weighted by Crippen LogP contribution is -2.54. The van der Waals surface area contributed by atoms with Crippen molar-refractivity contribution < 1.29 is 23.4 Å². The summed E-state index contributed by atoms with van der Waals surface area (Å²) < 4.78 is 31.3. The minimum atomic E-state index is -1.09. The van der Waals surface area contributed by atoms with Crippen molar-refractivity contribution in [3.63, 3.8) is 0 Å². The van der Waals surface area contributed by atoms with Gasteiger partial charge in [-0.25, -0.2) is 4.39 Å². The van der Waals surface area contributed by atoms with Gasteiger partial charge in [-0.2, -0.15) is 0 Å². The van der Waals surface area contributed by atoms with E-state index in [0.29, 0.717) is 13.0 Å². The molecule has 0 spiro atoms.